The molecule has 2 unspecified atom stereocenters. The van der Waals surface area contributed by atoms with Crippen LogP contribution in [-0.2, 0) is 99.5 Å². The standard InChI is InChI=1S/C17H36O8.C14H30O6.C8H18O3.2C4H10O2/c1-18-5-9-22-13-17(14-23-10-6-19-2,15-24-11-7-20-3)16-25-12-8-21-4;1-5-19-13(2)10-20-14(11-17-8-6-15-3)12-18-9-7-16-4;1-4-11-8(2)7-10-6-5-9-3;2*1-5-3-4-6-2/h5-16H2,1-4H3;13-14H,5-12H2,1-4H3;8H,4-7H2,1-3H3;2*3-4H2,1-2H3. The van der Waals surface area contributed by atoms with Crippen LogP contribution in [0.1, 0.15) is 27.7 Å². The molecule has 0 aromatic carbocycles. The van der Waals surface area contributed by atoms with Gasteiger partial charge in [0.1, 0.15) is 6.10 Å². The lowest BCUT2D eigenvalue weighted by atomic mass is 9.92. The Balaban J connectivity index is -0.000000271. The van der Waals surface area contributed by atoms with Crippen molar-refractivity contribution in [1.82, 2.24) is 0 Å². The molecular formula is C47H104O21. The largest absolute Gasteiger partial charge is 0.382 e. The lowest BCUT2D eigenvalue weighted by Crippen LogP contribution is -2.42. The third-order valence-corrected chi connectivity index (χ3v) is 8.07. The predicted octanol–water partition coefficient (Wildman–Crippen LogP) is 3.38. The summed E-state index contributed by atoms with van der Waals surface area (Å²) in [4.78, 5) is 0. The Morgan fingerprint density at radius 1 is 0.265 bits per heavy atom. The molecule has 21 heteroatoms. The van der Waals surface area contributed by atoms with E-state index in [2.05, 4.69) is 18.9 Å². The van der Waals surface area contributed by atoms with Crippen LogP contribution in [-0.4, -0.2) is 282 Å². The second-order valence-corrected chi connectivity index (χ2v) is 14.3. The molecule has 0 amide bonds. The number of hydrogen-bond donors (Lipinski definition) is 0. The summed E-state index contributed by atoms with van der Waals surface area (Å²) in [5.74, 6) is 0. The van der Waals surface area contributed by atoms with E-state index in [1.807, 2.05) is 27.7 Å². The number of hydrogen-bond acceptors (Lipinski definition) is 21. The van der Waals surface area contributed by atoms with Gasteiger partial charge in [-0.3, -0.25) is 0 Å². The molecule has 0 aromatic heterocycles. The summed E-state index contributed by atoms with van der Waals surface area (Å²) < 4.78 is 109. The number of ether oxygens (including phenoxy) is 21. The summed E-state index contributed by atoms with van der Waals surface area (Å²) in [6.07, 6.45) is 0.156. The Labute approximate surface area is 413 Å². The van der Waals surface area contributed by atoms with Gasteiger partial charge in [-0.05, 0) is 27.7 Å². The van der Waals surface area contributed by atoms with Crippen molar-refractivity contribution in [1.29, 1.82) is 0 Å². The molecule has 68 heavy (non-hydrogen) atoms. The van der Waals surface area contributed by atoms with E-state index in [1.54, 1.807) is 78.2 Å². The van der Waals surface area contributed by atoms with E-state index in [-0.39, 0.29) is 18.3 Å². The summed E-state index contributed by atoms with van der Waals surface area (Å²) in [5, 5.41) is 0. The first-order chi connectivity index (χ1) is 33.1. The molecule has 0 N–H and O–H groups in total. The van der Waals surface area contributed by atoms with Gasteiger partial charge >= 0.3 is 0 Å². The van der Waals surface area contributed by atoms with Crippen molar-refractivity contribution in [3.05, 3.63) is 0 Å². The van der Waals surface area contributed by atoms with Gasteiger partial charge in [-0.15, -0.1) is 0 Å². The Kier molecular flexibility index (Phi) is 78.8. The van der Waals surface area contributed by atoms with Crippen molar-refractivity contribution in [2.75, 3.05) is 263 Å². The highest BCUT2D eigenvalue weighted by Crippen LogP contribution is 2.21. The molecule has 0 aliphatic carbocycles. The van der Waals surface area contributed by atoms with Crippen molar-refractivity contribution >= 4 is 0 Å². The van der Waals surface area contributed by atoms with Crippen molar-refractivity contribution in [2.45, 2.75) is 46.0 Å². The molecule has 418 valence electrons. The van der Waals surface area contributed by atoms with Crippen LogP contribution in [0.2, 0.25) is 0 Å². The highest BCUT2D eigenvalue weighted by molar-refractivity contribution is 4.79. The SMILES string of the molecule is CCOC(C)COC(COCCOC)COCCOC.CCOC(C)COCCOC.COCCOC.COCCOC.COCCOCC(COCCOC)(COCCOC)COCCOC. The minimum atomic E-state index is -0.414. The van der Waals surface area contributed by atoms with Crippen LogP contribution in [0.15, 0.2) is 0 Å². The number of rotatable bonds is 48. The summed E-state index contributed by atoms with van der Waals surface area (Å²) in [6.45, 7) is 23.8. The normalized spacial score (nSPS) is 12.0. The quantitative estimate of drug-likeness (QED) is 0.0805. The van der Waals surface area contributed by atoms with Gasteiger partial charge in [0.2, 0.25) is 0 Å². The molecule has 0 saturated heterocycles. The molecule has 0 saturated carbocycles. The van der Waals surface area contributed by atoms with Crippen LogP contribution < -0.4 is 0 Å². The van der Waals surface area contributed by atoms with Crippen LogP contribution in [0, 0.1) is 5.41 Å². The Hall–Kier alpha value is -0.840. The zero-order valence-electron chi connectivity index (χ0n) is 45.6. The van der Waals surface area contributed by atoms with Crippen LogP contribution in [0.4, 0.5) is 0 Å². The van der Waals surface area contributed by atoms with E-state index in [0.29, 0.717) is 178 Å². The van der Waals surface area contributed by atoms with E-state index < -0.39 is 5.41 Å². The van der Waals surface area contributed by atoms with Gasteiger partial charge in [-0.2, -0.15) is 0 Å². The molecule has 2 atom stereocenters. The van der Waals surface area contributed by atoms with E-state index in [9.17, 15) is 0 Å². The van der Waals surface area contributed by atoms with Crippen molar-refractivity contribution in [2.24, 2.45) is 5.41 Å². The topological polar surface area (TPSA) is 194 Å². The minimum Gasteiger partial charge on any atom is -0.382 e. The van der Waals surface area contributed by atoms with Crippen LogP contribution >= 0.6 is 0 Å². The average molecular weight is 1010 g/mol. The highest BCUT2D eigenvalue weighted by atomic mass is 16.6. The fourth-order valence-corrected chi connectivity index (χ4v) is 4.49. The fraction of sp³-hybridized carbons (Fsp3) is 1.00. The molecule has 21 nitrogen and oxygen atoms in total. The Bertz CT molecular complexity index is 745. The zero-order valence-corrected chi connectivity index (χ0v) is 45.6. The summed E-state index contributed by atoms with van der Waals surface area (Å²) in [5.41, 5.74) is -0.414. The fourth-order valence-electron chi connectivity index (χ4n) is 4.49. The molecule has 0 fully saturated rings. The molecule has 0 aromatic rings. The van der Waals surface area contributed by atoms with E-state index in [1.165, 1.54) is 0 Å². The molecule has 0 aliphatic rings. The molecule has 0 spiro atoms. The first-order valence-corrected chi connectivity index (χ1v) is 23.4. The predicted molar refractivity (Wildman–Crippen MR) is 261 cm³/mol. The molecule has 0 rings (SSSR count). The van der Waals surface area contributed by atoms with Crippen molar-refractivity contribution in [3.63, 3.8) is 0 Å². The first-order valence-electron chi connectivity index (χ1n) is 23.4. The van der Waals surface area contributed by atoms with Gasteiger partial charge in [0.05, 0.1) is 189 Å². The van der Waals surface area contributed by atoms with Gasteiger partial charge in [-0.1, -0.05) is 0 Å². The Morgan fingerprint density at radius 2 is 0.485 bits per heavy atom. The number of methoxy groups -OCH3 is 11. The molecule has 0 bridgehead atoms. The van der Waals surface area contributed by atoms with Gasteiger partial charge in [0.25, 0.3) is 0 Å². The van der Waals surface area contributed by atoms with Gasteiger partial charge in [0, 0.05) is 91.4 Å². The van der Waals surface area contributed by atoms with Gasteiger partial charge < -0.3 is 99.5 Å². The molecular weight excluding hydrogens is 900 g/mol. The molecule has 0 radical (unpaired) electrons. The summed E-state index contributed by atoms with van der Waals surface area (Å²) in [6, 6.07) is 0. The zero-order chi connectivity index (χ0) is 51.9. The maximum absolute atomic E-state index is 5.76. The van der Waals surface area contributed by atoms with Crippen LogP contribution in [0.25, 0.3) is 0 Å². The molecule has 0 aliphatic heterocycles. The third-order valence-electron chi connectivity index (χ3n) is 8.07. The second kappa shape index (κ2) is 70.4. The van der Waals surface area contributed by atoms with Crippen LogP contribution in [0.5, 0.6) is 0 Å². The van der Waals surface area contributed by atoms with E-state index >= 15 is 0 Å². The molecule has 0 heterocycles. The van der Waals surface area contributed by atoms with Crippen molar-refractivity contribution < 1.29 is 99.5 Å². The maximum Gasteiger partial charge on any atom is 0.104 e. The smallest absolute Gasteiger partial charge is 0.104 e. The average Bonchev–Trinajstić information content (AvgIpc) is 3.34. The minimum absolute atomic E-state index is 0.0699. The monoisotopic (exact) mass is 1000 g/mol. The summed E-state index contributed by atoms with van der Waals surface area (Å²) in [7, 11) is 18.1. The highest BCUT2D eigenvalue weighted by Gasteiger charge is 2.32. The van der Waals surface area contributed by atoms with Gasteiger partial charge in [0.15, 0.2) is 0 Å². The van der Waals surface area contributed by atoms with E-state index in [4.69, 9.17) is 80.5 Å². The van der Waals surface area contributed by atoms with Gasteiger partial charge in [-0.25, -0.2) is 0 Å². The lowest BCUT2D eigenvalue weighted by Gasteiger charge is -2.33. The Morgan fingerprint density at radius 3 is 0.735 bits per heavy atom. The lowest BCUT2D eigenvalue weighted by molar-refractivity contribution is -0.118. The second-order valence-electron chi connectivity index (χ2n) is 14.3. The van der Waals surface area contributed by atoms with Crippen LogP contribution in [0.3, 0.4) is 0 Å². The first kappa shape index (κ1) is 76.1. The van der Waals surface area contributed by atoms with Crippen molar-refractivity contribution in [3.8, 4) is 0 Å². The third kappa shape index (κ3) is 69.4. The summed E-state index contributed by atoms with van der Waals surface area (Å²) >= 11 is 0. The van der Waals surface area contributed by atoms with E-state index in [0.717, 1.165) is 6.61 Å². The maximum atomic E-state index is 5.76.